The maximum Gasteiger partial charge on any atom is 0.407 e. The fraction of sp³-hybridized carbons (Fsp3) is 0.462. The number of benzene rings is 1. The number of nitrogens with zero attached hydrogens (tertiary/aromatic N) is 1. The van der Waals surface area contributed by atoms with Gasteiger partial charge in [0.1, 0.15) is 6.54 Å². The molecule has 1 amide bonds. The number of nitrogens with one attached hydrogen (secondary N) is 1. The summed E-state index contributed by atoms with van der Waals surface area (Å²) in [6.07, 6.45) is 9.23. The van der Waals surface area contributed by atoms with E-state index in [-0.39, 0.29) is 6.09 Å². The number of unbranched alkanes of at least 4 members (excludes halogenated alkanes) is 3. The highest BCUT2D eigenvalue weighted by Crippen LogP contribution is 2.23. The molecular weight excluding hydrogens is 372 g/mol. The van der Waals surface area contributed by atoms with E-state index in [9.17, 15) is 4.79 Å². The predicted octanol–water partition coefficient (Wildman–Crippen LogP) is 5.79. The number of hydrogen-bond acceptors (Lipinski definition) is 2. The van der Waals surface area contributed by atoms with E-state index in [0.717, 1.165) is 55.3 Å². The number of carbonyl (C=O) groups excluding carboxylic acids is 1. The van der Waals surface area contributed by atoms with Gasteiger partial charge in [0.15, 0.2) is 12.4 Å². The molecule has 0 bridgehead atoms. The van der Waals surface area contributed by atoms with Crippen molar-refractivity contribution in [3.63, 3.8) is 0 Å². The predicted molar refractivity (Wildman–Crippen MR) is 123 cm³/mol. The SMILES string of the molecule is C=C(C)c1cccc(C(C)(C)NC(=O)OCCCCCC[n+]2ccc(CC)cc2)c1. The number of hydrogen-bond donors (Lipinski definition) is 1. The molecule has 0 aliphatic rings. The summed E-state index contributed by atoms with van der Waals surface area (Å²) in [6, 6.07) is 12.5. The first kappa shape index (κ1) is 23.7. The normalized spacial score (nSPS) is 11.2. The zero-order valence-electron chi connectivity index (χ0n) is 19.0. The Hall–Kier alpha value is -2.62. The molecule has 0 radical (unpaired) electrons. The van der Waals surface area contributed by atoms with E-state index in [4.69, 9.17) is 4.74 Å². The van der Waals surface area contributed by atoms with Gasteiger partial charge in [-0.3, -0.25) is 0 Å². The number of alkyl carbamates (subject to hydrolysis) is 1. The van der Waals surface area contributed by atoms with E-state index >= 15 is 0 Å². The van der Waals surface area contributed by atoms with Crippen molar-refractivity contribution in [1.29, 1.82) is 0 Å². The quantitative estimate of drug-likeness (QED) is 0.377. The Labute approximate surface area is 182 Å². The molecule has 0 aliphatic carbocycles. The fourth-order valence-electron chi connectivity index (χ4n) is 3.32. The van der Waals surface area contributed by atoms with Gasteiger partial charge in [-0.1, -0.05) is 37.3 Å². The first-order valence-corrected chi connectivity index (χ1v) is 11.0. The highest BCUT2D eigenvalue weighted by atomic mass is 16.5. The topological polar surface area (TPSA) is 42.2 Å². The minimum absolute atomic E-state index is 0.368. The second kappa shape index (κ2) is 11.5. The highest BCUT2D eigenvalue weighted by Gasteiger charge is 2.23. The van der Waals surface area contributed by atoms with Crippen molar-refractivity contribution in [2.75, 3.05) is 6.61 Å². The van der Waals surface area contributed by atoms with Crippen LogP contribution < -0.4 is 9.88 Å². The van der Waals surface area contributed by atoms with Crippen molar-refractivity contribution in [2.45, 2.75) is 71.9 Å². The van der Waals surface area contributed by atoms with Crippen molar-refractivity contribution in [2.24, 2.45) is 0 Å². The number of aromatic nitrogens is 1. The number of aryl methyl sites for hydroxylation is 2. The molecule has 2 rings (SSSR count). The largest absolute Gasteiger partial charge is 0.450 e. The molecule has 1 aromatic carbocycles. The van der Waals surface area contributed by atoms with E-state index in [1.165, 1.54) is 5.56 Å². The number of rotatable bonds is 11. The summed E-state index contributed by atoms with van der Waals surface area (Å²) in [7, 11) is 0. The molecule has 1 aromatic heterocycles. The van der Waals surface area contributed by atoms with Gasteiger partial charge in [-0.15, -0.1) is 0 Å². The van der Waals surface area contributed by atoms with E-state index < -0.39 is 5.54 Å². The Morgan fingerprint density at radius 3 is 2.47 bits per heavy atom. The number of pyridine rings is 1. The van der Waals surface area contributed by atoms with Crippen molar-refractivity contribution >= 4 is 11.7 Å². The van der Waals surface area contributed by atoms with Crippen LogP contribution in [0.25, 0.3) is 5.57 Å². The van der Waals surface area contributed by atoms with Crippen molar-refractivity contribution in [3.05, 3.63) is 72.1 Å². The standard InChI is InChI=1S/C26H36N2O2/c1-6-22-14-17-28(18-15-22)16-9-7-8-10-19-30-25(29)27-26(4,5)24-13-11-12-23(20-24)21(2)3/h11-15,17-18,20H,2,6-10,16,19H2,1,3-5H3/p+1. The van der Waals surface area contributed by atoms with Gasteiger partial charge in [-0.05, 0) is 69.2 Å². The Morgan fingerprint density at radius 2 is 1.80 bits per heavy atom. The lowest BCUT2D eigenvalue weighted by Crippen LogP contribution is -2.41. The fourth-order valence-corrected chi connectivity index (χ4v) is 3.32. The van der Waals surface area contributed by atoms with Crippen molar-refractivity contribution in [3.8, 4) is 0 Å². The average molecular weight is 410 g/mol. The summed E-state index contributed by atoms with van der Waals surface area (Å²) in [5.41, 5.74) is 3.98. The molecule has 0 aliphatic heterocycles. The van der Waals surface area contributed by atoms with Gasteiger partial charge in [0, 0.05) is 18.6 Å². The van der Waals surface area contributed by atoms with Crippen LogP contribution in [0.2, 0.25) is 0 Å². The lowest BCUT2D eigenvalue weighted by Gasteiger charge is -2.27. The molecule has 4 nitrogen and oxygen atoms in total. The molecule has 4 heteroatoms. The van der Waals surface area contributed by atoms with Gasteiger partial charge in [0.2, 0.25) is 0 Å². The second-order valence-corrected chi connectivity index (χ2v) is 8.46. The van der Waals surface area contributed by atoms with Crippen molar-refractivity contribution < 1.29 is 14.1 Å². The zero-order valence-corrected chi connectivity index (χ0v) is 19.0. The van der Waals surface area contributed by atoms with E-state index in [1.54, 1.807) is 0 Å². The highest BCUT2D eigenvalue weighted by molar-refractivity contribution is 5.69. The van der Waals surface area contributed by atoms with Crippen LogP contribution in [0, 0.1) is 0 Å². The Balaban J connectivity index is 1.64. The zero-order chi connectivity index (χ0) is 22.0. The number of ether oxygens (including phenoxy) is 1. The van der Waals surface area contributed by atoms with Crippen LogP contribution in [0.3, 0.4) is 0 Å². The molecule has 0 saturated heterocycles. The second-order valence-electron chi connectivity index (χ2n) is 8.46. The number of amides is 1. The summed E-state index contributed by atoms with van der Waals surface area (Å²) >= 11 is 0. The van der Waals surface area contributed by atoms with Gasteiger partial charge in [0.25, 0.3) is 0 Å². The summed E-state index contributed by atoms with van der Waals surface area (Å²) in [6.45, 7) is 13.6. The van der Waals surface area contributed by atoms with Crippen LogP contribution in [-0.4, -0.2) is 12.7 Å². The van der Waals surface area contributed by atoms with Crippen molar-refractivity contribution in [1.82, 2.24) is 5.32 Å². The van der Waals surface area contributed by atoms with Crippen LogP contribution in [0.5, 0.6) is 0 Å². The number of allylic oxidation sites excluding steroid dienone is 1. The molecule has 30 heavy (non-hydrogen) atoms. The molecule has 0 unspecified atom stereocenters. The van der Waals surface area contributed by atoms with Gasteiger partial charge < -0.3 is 10.1 Å². The van der Waals surface area contributed by atoms with Gasteiger partial charge in [0.05, 0.1) is 12.1 Å². The molecular formula is C26H37N2O2+. The maximum atomic E-state index is 12.2. The summed E-state index contributed by atoms with van der Waals surface area (Å²) < 4.78 is 7.62. The summed E-state index contributed by atoms with van der Waals surface area (Å²) in [4.78, 5) is 12.2. The third kappa shape index (κ3) is 7.66. The lowest BCUT2D eigenvalue weighted by molar-refractivity contribution is -0.697. The minimum Gasteiger partial charge on any atom is -0.450 e. The Morgan fingerprint density at radius 1 is 1.10 bits per heavy atom. The third-order valence-corrected chi connectivity index (χ3v) is 5.40. The van der Waals surface area contributed by atoms with E-state index in [0.29, 0.717) is 6.61 Å². The van der Waals surface area contributed by atoms with E-state index in [2.05, 4.69) is 54.0 Å². The van der Waals surface area contributed by atoms with Gasteiger partial charge in [-0.25, -0.2) is 9.36 Å². The molecule has 1 N–H and O–H groups in total. The molecule has 2 aromatic rings. The Bertz CT molecular complexity index is 825. The van der Waals surface area contributed by atoms with Crippen LogP contribution in [0.4, 0.5) is 4.79 Å². The average Bonchev–Trinajstić information content (AvgIpc) is 2.73. The Kier molecular flexibility index (Phi) is 9.10. The van der Waals surface area contributed by atoms with Crippen LogP contribution in [-0.2, 0) is 23.2 Å². The van der Waals surface area contributed by atoms with Gasteiger partial charge in [-0.2, -0.15) is 0 Å². The van der Waals surface area contributed by atoms with E-state index in [1.807, 2.05) is 39.0 Å². The van der Waals surface area contributed by atoms with Crippen LogP contribution in [0.15, 0.2) is 55.4 Å². The third-order valence-electron chi connectivity index (χ3n) is 5.40. The van der Waals surface area contributed by atoms with Crippen LogP contribution >= 0.6 is 0 Å². The van der Waals surface area contributed by atoms with Gasteiger partial charge >= 0.3 is 6.09 Å². The molecule has 0 spiro atoms. The minimum atomic E-state index is -0.507. The van der Waals surface area contributed by atoms with Crippen LogP contribution in [0.1, 0.15) is 70.1 Å². The summed E-state index contributed by atoms with van der Waals surface area (Å²) in [5.74, 6) is 0. The summed E-state index contributed by atoms with van der Waals surface area (Å²) in [5, 5.41) is 2.98. The molecule has 162 valence electrons. The lowest BCUT2D eigenvalue weighted by atomic mass is 9.92. The molecule has 0 atom stereocenters. The molecule has 0 saturated carbocycles. The first-order chi connectivity index (χ1) is 14.3. The molecule has 0 fully saturated rings. The monoisotopic (exact) mass is 409 g/mol. The smallest absolute Gasteiger partial charge is 0.407 e. The number of carbonyl (C=O) groups is 1. The first-order valence-electron chi connectivity index (χ1n) is 11.0. The molecule has 1 heterocycles. The maximum absolute atomic E-state index is 12.2.